The molecule has 3 N–H and O–H groups in total. The molecule has 4 heteroatoms. The predicted molar refractivity (Wildman–Crippen MR) is 56.5 cm³/mol. The van der Waals surface area contributed by atoms with Crippen molar-refractivity contribution in [1.29, 1.82) is 0 Å². The van der Waals surface area contributed by atoms with Crippen LogP contribution in [0, 0.1) is 0 Å². The molecule has 78 valence electrons. The molecule has 1 aromatic rings. The van der Waals surface area contributed by atoms with Crippen LogP contribution in [0.2, 0.25) is 5.02 Å². The number of rotatable bonds is 4. The summed E-state index contributed by atoms with van der Waals surface area (Å²) in [5.41, 5.74) is 0.734. The maximum atomic E-state index is 9.53. The van der Waals surface area contributed by atoms with Gasteiger partial charge in [0, 0.05) is 18.7 Å². The molecule has 0 radical (unpaired) electrons. The summed E-state index contributed by atoms with van der Waals surface area (Å²) in [5, 5.41) is 21.9. The number of nitrogens with one attached hydrogen (secondary N) is 1. The molecular weight excluding hydrogens is 202 g/mol. The molecule has 1 aromatic carbocycles. The van der Waals surface area contributed by atoms with Crippen LogP contribution >= 0.6 is 11.6 Å². The van der Waals surface area contributed by atoms with E-state index in [9.17, 15) is 5.11 Å². The van der Waals surface area contributed by atoms with E-state index in [1.54, 1.807) is 25.1 Å². The van der Waals surface area contributed by atoms with Gasteiger partial charge in [-0.05, 0) is 13.0 Å². The first kappa shape index (κ1) is 11.3. The molecule has 0 unspecified atom stereocenters. The first-order valence-corrected chi connectivity index (χ1v) is 4.84. The van der Waals surface area contributed by atoms with Gasteiger partial charge < -0.3 is 15.5 Å². The van der Waals surface area contributed by atoms with Crippen molar-refractivity contribution in [2.75, 3.05) is 6.54 Å². The van der Waals surface area contributed by atoms with Gasteiger partial charge in [-0.15, -0.1) is 0 Å². The monoisotopic (exact) mass is 215 g/mol. The van der Waals surface area contributed by atoms with Gasteiger partial charge in [-0.25, -0.2) is 0 Å². The highest BCUT2D eigenvalue weighted by molar-refractivity contribution is 6.32. The van der Waals surface area contributed by atoms with Gasteiger partial charge in [0.2, 0.25) is 0 Å². The van der Waals surface area contributed by atoms with Crippen LogP contribution in [0.3, 0.4) is 0 Å². The number of aliphatic hydroxyl groups excluding tert-OH is 1. The molecule has 0 bridgehead atoms. The maximum absolute atomic E-state index is 9.53. The zero-order valence-electron chi connectivity index (χ0n) is 8.00. The van der Waals surface area contributed by atoms with E-state index in [4.69, 9.17) is 16.7 Å². The predicted octanol–water partition coefficient (Wildman–Crippen LogP) is 1.52. The first-order chi connectivity index (χ1) is 6.61. The molecular formula is C10H14ClNO2. The number of halogens is 1. The molecule has 0 heterocycles. The van der Waals surface area contributed by atoms with Gasteiger partial charge in [-0.1, -0.05) is 23.7 Å². The third-order valence-corrected chi connectivity index (χ3v) is 2.13. The molecule has 0 aliphatic rings. The Hall–Kier alpha value is -0.770. The largest absolute Gasteiger partial charge is 0.506 e. The molecule has 0 saturated heterocycles. The number of phenolic OH excluding ortho intramolecular Hbond substituents is 1. The van der Waals surface area contributed by atoms with Crippen molar-refractivity contribution in [2.45, 2.75) is 19.6 Å². The van der Waals surface area contributed by atoms with Gasteiger partial charge in [0.15, 0.2) is 0 Å². The van der Waals surface area contributed by atoms with Crippen LogP contribution < -0.4 is 5.32 Å². The molecule has 0 amide bonds. The number of hydrogen-bond acceptors (Lipinski definition) is 3. The summed E-state index contributed by atoms with van der Waals surface area (Å²) in [5.74, 6) is 0.104. The minimum atomic E-state index is -0.392. The van der Waals surface area contributed by atoms with Crippen LogP contribution in [0.15, 0.2) is 18.2 Å². The average Bonchev–Trinajstić information content (AvgIpc) is 2.12. The summed E-state index contributed by atoms with van der Waals surface area (Å²) in [4.78, 5) is 0. The lowest BCUT2D eigenvalue weighted by Gasteiger charge is -2.08. The third-order valence-electron chi connectivity index (χ3n) is 1.83. The topological polar surface area (TPSA) is 52.5 Å². The molecule has 0 aromatic heterocycles. The highest BCUT2D eigenvalue weighted by atomic mass is 35.5. The van der Waals surface area contributed by atoms with Gasteiger partial charge >= 0.3 is 0 Å². The van der Waals surface area contributed by atoms with E-state index in [-0.39, 0.29) is 5.75 Å². The van der Waals surface area contributed by atoms with E-state index in [0.717, 1.165) is 5.56 Å². The molecule has 1 atom stereocenters. The second kappa shape index (κ2) is 5.20. The minimum absolute atomic E-state index is 0.104. The van der Waals surface area contributed by atoms with Crippen molar-refractivity contribution in [3.63, 3.8) is 0 Å². The Labute approximate surface area is 88.3 Å². The van der Waals surface area contributed by atoms with E-state index in [2.05, 4.69) is 5.32 Å². The Morgan fingerprint density at radius 1 is 1.50 bits per heavy atom. The number of aromatic hydroxyl groups is 1. The Morgan fingerprint density at radius 3 is 2.86 bits per heavy atom. The summed E-state index contributed by atoms with van der Waals surface area (Å²) in [6, 6.07) is 5.20. The number of benzene rings is 1. The molecule has 0 spiro atoms. The Kier molecular flexibility index (Phi) is 4.20. The normalized spacial score (nSPS) is 12.8. The fourth-order valence-corrected chi connectivity index (χ4v) is 1.31. The molecule has 0 saturated carbocycles. The zero-order chi connectivity index (χ0) is 10.6. The highest BCUT2D eigenvalue weighted by Gasteiger charge is 2.04. The molecule has 0 aliphatic carbocycles. The van der Waals surface area contributed by atoms with Gasteiger partial charge in [-0.2, -0.15) is 0 Å². The van der Waals surface area contributed by atoms with E-state index in [0.29, 0.717) is 18.1 Å². The molecule has 14 heavy (non-hydrogen) atoms. The standard InChI is InChI=1S/C10H14ClNO2/c1-7(13)5-12-6-8-3-2-4-9(11)10(8)14/h2-4,7,12-14H,5-6H2,1H3/t7-/m1/s1. The van der Waals surface area contributed by atoms with E-state index in [1.807, 2.05) is 0 Å². The molecule has 0 aliphatic heterocycles. The summed E-state index contributed by atoms with van der Waals surface area (Å²) in [7, 11) is 0. The quantitative estimate of drug-likeness (QED) is 0.714. The van der Waals surface area contributed by atoms with Crippen molar-refractivity contribution in [3.8, 4) is 5.75 Å². The summed E-state index contributed by atoms with van der Waals surface area (Å²) in [6.45, 7) is 2.69. The Balaban J connectivity index is 2.54. The van der Waals surface area contributed by atoms with Crippen LogP contribution in [0.25, 0.3) is 0 Å². The second-order valence-electron chi connectivity index (χ2n) is 3.23. The third kappa shape index (κ3) is 3.18. The van der Waals surface area contributed by atoms with E-state index in [1.165, 1.54) is 0 Å². The van der Waals surface area contributed by atoms with Crippen LogP contribution in [0.4, 0.5) is 0 Å². The fourth-order valence-electron chi connectivity index (χ4n) is 1.12. The molecule has 0 fully saturated rings. The Bertz CT molecular complexity index is 302. The summed E-state index contributed by atoms with van der Waals surface area (Å²) in [6.07, 6.45) is -0.392. The SMILES string of the molecule is C[C@@H](O)CNCc1cccc(Cl)c1O. The maximum Gasteiger partial charge on any atom is 0.138 e. The van der Waals surface area contributed by atoms with Gasteiger partial charge in [-0.3, -0.25) is 0 Å². The zero-order valence-corrected chi connectivity index (χ0v) is 8.75. The average molecular weight is 216 g/mol. The van der Waals surface area contributed by atoms with E-state index >= 15 is 0 Å². The number of hydrogen-bond donors (Lipinski definition) is 3. The fraction of sp³-hybridized carbons (Fsp3) is 0.400. The van der Waals surface area contributed by atoms with Gasteiger partial charge in [0.25, 0.3) is 0 Å². The van der Waals surface area contributed by atoms with Crippen LogP contribution in [-0.4, -0.2) is 22.9 Å². The Morgan fingerprint density at radius 2 is 2.21 bits per heavy atom. The lowest BCUT2D eigenvalue weighted by Crippen LogP contribution is -2.23. The van der Waals surface area contributed by atoms with E-state index < -0.39 is 6.10 Å². The van der Waals surface area contributed by atoms with Crippen molar-refractivity contribution < 1.29 is 10.2 Å². The summed E-state index contributed by atoms with van der Waals surface area (Å²) < 4.78 is 0. The lowest BCUT2D eigenvalue weighted by molar-refractivity contribution is 0.191. The number of aliphatic hydroxyl groups is 1. The van der Waals surface area contributed by atoms with Crippen LogP contribution in [0.1, 0.15) is 12.5 Å². The molecule has 1 rings (SSSR count). The van der Waals surface area contributed by atoms with Crippen molar-refractivity contribution >= 4 is 11.6 Å². The first-order valence-electron chi connectivity index (χ1n) is 4.46. The van der Waals surface area contributed by atoms with Crippen LogP contribution in [-0.2, 0) is 6.54 Å². The van der Waals surface area contributed by atoms with Crippen molar-refractivity contribution in [1.82, 2.24) is 5.32 Å². The number of phenols is 1. The van der Waals surface area contributed by atoms with Crippen molar-refractivity contribution in [3.05, 3.63) is 28.8 Å². The van der Waals surface area contributed by atoms with Crippen molar-refractivity contribution in [2.24, 2.45) is 0 Å². The number of para-hydroxylation sites is 1. The van der Waals surface area contributed by atoms with Crippen LogP contribution in [0.5, 0.6) is 5.75 Å². The second-order valence-corrected chi connectivity index (χ2v) is 3.63. The lowest BCUT2D eigenvalue weighted by atomic mass is 10.2. The highest BCUT2D eigenvalue weighted by Crippen LogP contribution is 2.26. The smallest absolute Gasteiger partial charge is 0.138 e. The minimum Gasteiger partial charge on any atom is -0.506 e. The van der Waals surface area contributed by atoms with Gasteiger partial charge in [0.05, 0.1) is 11.1 Å². The summed E-state index contributed by atoms with van der Waals surface area (Å²) >= 11 is 5.73. The molecule has 3 nitrogen and oxygen atoms in total. The van der Waals surface area contributed by atoms with Gasteiger partial charge in [0.1, 0.15) is 5.75 Å².